The molecule has 0 aliphatic carbocycles. The zero-order valence-corrected chi connectivity index (χ0v) is 10.5. The lowest BCUT2D eigenvalue weighted by atomic mass is 9.76. The second kappa shape index (κ2) is 4.73. The number of esters is 1. The molecule has 2 N–H and O–H groups in total. The van der Waals surface area contributed by atoms with Crippen molar-refractivity contribution in [2.24, 2.45) is 11.8 Å². The van der Waals surface area contributed by atoms with Crippen molar-refractivity contribution < 1.29 is 19.1 Å². The van der Waals surface area contributed by atoms with Crippen molar-refractivity contribution in [3.63, 3.8) is 0 Å². The first-order valence-corrected chi connectivity index (χ1v) is 5.66. The molecule has 17 heavy (non-hydrogen) atoms. The zero-order valence-electron chi connectivity index (χ0n) is 10.5. The number of nitrogens with one attached hydrogen (secondary N) is 2. The third-order valence-electron chi connectivity index (χ3n) is 3.16. The number of hydrogen-bond acceptors (Lipinski definition) is 4. The van der Waals surface area contributed by atoms with Crippen LogP contribution in [0.15, 0.2) is 0 Å². The summed E-state index contributed by atoms with van der Waals surface area (Å²) in [5, 5.41) is 4.73. The van der Waals surface area contributed by atoms with Crippen molar-refractivity contribution in [3.8, 4) is 0 Å². The molecule has 0 aromatic heterocycles. The van der Waals surface area contributed by atoms with E-state index in [1.54, 1.807) is 27.7 Å². The molecule has 0 spiro atoms. The molecule has 1 aliphatic rings. The summed E-state index contributed by atoms with van der Waals surface area (Å²) in [5.74, 6) is -1.90. The van der Waals surface area contributed by atoms with E-state index >= 15 is 0 Å². The predicted molar refractivity (Wildman–Crippen MR) is 60.0 cm³/mol. The van der Waals surface area contributed by atoms with Gasteiger partial charge in [0.25, 0.3) is 5.91 Å². The van der Waals surface area contributed by atoms with Crippen LogP contribution in [0.4, 0.5) is 4.79 Å². The van der Waals surface area contributed by atoms with Gasteiger partial charge in [-0.1, -0.05) is 13.8 Å². The van der Waals surface area contributed by atoms with E-state index in [9.17, 15) is 14.4 Å². The van der Waals surface area contributed by atoms with Crippen molar-refractivity contribution in [1.82, 2.24) is 10.6 Å². The topological polar surface area (TPSA) is 84.5 Å². The van der Waals surface area contributed by atoms with E-state index in [0.29, 0.717) is 0 Å². The third-order valence-corrected chi connectivity index (χ3v) is 3.16. The molecule has 0 aromatic carbocycles. The first-order chi connectivity index (χ1) is 7.86. The summed E-state index contributed by atoms with van der Waals surface area (Å²) in [7, 11) is 0. The second-order valence-corrected chi connectivity index (χ2v) is 4.41. The Hall–Kier alpha value is -1.59. The summed E-state index contributed by atoms with van der Waals surface area (Å²) in [6, 6.07) is -0.570. The Labute approximate surface area is 100 Å². The van der Waals surface area contributed by atoms with E-state index in [4.69, 9.17) is 4.74 Å². The van der Waals surface area contributed by atoms with Gasteiger partial charge in [0, 0.05) is 0 Å². The molecule has 0 radical (unpaired) electrons. The molecule has 0 aromatic rings. The first-order valence-electron chi connectivity index (χ1n) is 5.66. The molecule has 0 saturated carbocycles. The number of carbonyl (C=O) groups is 3. The minimum absolute atomic E-state index is 0.214. The Morgan fingerprint density at radius 1 is 1.35 bits per heavy atom. The highest BCUT2D eigenvalue weighted by Gasteiger charge is 2.55. The largest absolute Gasteiger partial charge is 0.466 e. The molecule has 1 saturated heterocycles. The Morgan fingerprint density at radius 2 is 1.94 bits per heavy atom. The average Bonchev–Trinajstić information content (AvgIpc) is 2.54. The molecule has 1 aliphatic heterocycles. The SMILES string of the molecule is CCOC(=O)[C@H](C)[C@@]1(C(C)C)NC(=O)NC1=O. The number of carbonyl (C=O) groups excluding carboxylic acids is 3. The summed E-state index contributed by atoms with van der Waals surface area (Å²) in [6.07, 6.45) is 0. The van der Waals surface area contributed by atoms with Gasteiger partial charge in [0.05, 0.1) is 12.5 Å². The Bertz CT molecular complexity index is 353. The van der Waals surface area contributed by atoms with E-state index in [0.717, 1.165) is 0 Å². The molecule has 1 rings (SSSR count). The fraction of sp³-hybridized carbons (Fsp3) is 0.727. The molecule has 0 unspecified atom stereocenters. The molecule has 0 bridgehead atoms. The number of amides is 3. The first kappa shape index (κ1) is 13.5. The van der Waals surface area contributed by atoms with Crippen molar-refractivity contribution in [2.45, 2.75) is 33.2 Å². The number of ether oxygens (including phenoxy) is 1. The molecule has 1 fully saturated rings. The maximum absolute atomic E-state index is 11.9. The van der Waals surface area contributed by atoms with Crippen LogP contribution in [-0.2, 0) is 14.3 Å². The number of imide groups is 1. The maximum atomic E-state index is 11.9. The van der Waals surface area contributed by atoms with Gasteiger partial charge in [-0.3, -0.25) is 14.9 Å². The lowest BCUT2D eigenvalue weighted by Gasteiger charge is -2.34. The fourth-order valence-corrected chi connectivity index (χ4v) is 2.15. The number of urea groups is 1. The predicted octanol–water partition coefficient (Wildman–Crippen LogP) is 0.420. The standard InChI is InChI=1S/C11H18N2O4/c1-5-17-8(14)7(4)11(6(2)3)9(15)12-10(16)13-11/h6-7H,5H2,1-4H3,(H2,12,13,15,16)/t7-,11+/m0/s1. The van der Waals surface area contributed by atoms with Crippen molar-refractivity contribution >= 4 is 17.9 Å². The molecular formula is C11H18N2O4. The zero-order chi connectivity index (χ0) is 13.2. The average molecular weight is 242 g/mol. The molecular weight excluding hydrogens is 224 g/mol. The summed E-state index contributed by atoms with van der Waals surface area (Å²) in [4.78, 5) is 34.9. The molecule has 3 amide bonds. The van der Waals surface area contributed by atoms with E-state index in [1.807, 2.05) is 0 Å². The normalized spacial score (nSPS) is 25.5. The van der Waals surface area contributed by atoms with Crippen LogP contribution in [0.2, 0.25) is 0 Å². The van der Waals surface area contributed by atoms with Gasteiger partial charge in [-0.25, -0.2) is 4.79 Å². The lowest BCUT2D eigenvalue weighted by Crippen LogP contribution is -2.58. The minimum atomic E-state index is -1.22. The monoisotopic (exact) mass is 242 g/mol. The second-order valence-electron chi connectivity index (χ2n) is 4.41. The van der Waals surface area contributed by atoms with Gasteiger partial charge < -0.3 is 10.1 Å². The van der Waals surface area contributed by atoms with Gasteiger partial charge in [0.1, 0.15) is 5.54 Å². The molecule has 6 nitrogen and oxygen atoms in total. The van der Waals surface area contributed by atoms with E-state index in [-0.39, 0.29) is 12.5 Å². The van der Waals surface area contributed by atoms with Crippen molar-refractivity contribution in [3.05, 3.63) is 0 Å². The van der Waals surface area contributed by atoms with E-state index < -0.39 is 29.4 Å². The highest BCUT2D eigenvalue weighted by atomic mass is 16.5. The van der Waals surface area contributed by atoms with Crippen molar-refractivity contribution in [1.29, 1.82) is 0 Å². The summed E-state index contributed by atoms with van der Waals surface area (Å²) < 4.78 is 4.90. The van der Waals surface area contributed by atoms with Gasteiger partial charge in [0.2, 0.25) is 0 Å². The number of hydrogen-bond donors (Lipinski definition) is 2. The molecule has 2 atom stereocenters. The highest BCUT2D eigenvalue weighted by molar-refractivity contribution is 6.09. The van der Waals surface area contributed by atoms with Gasteiger partial charge in [-0.05, 0) is 19.8 Å². The van der Waals surface area contributed by atoms with Crippen LogP contribution in [0.25, 0.3) is 0 Å². The van der Waals surface area contributed by atoms with Crippen molar-refractivity contribution in [2.75, 3.05) is 6.61 Å². The fourth-order valence-electron chi connectivity index (χ4n) is 2.15. The van der Waals surface area contributed by atoms with Crippen LogP contribution in [0, 0.1) is 11.8 Å². The smallest absolute Gasteiger partial charge is 0.322 e. The van der Waals surface area contributed by atoms with Gasteiger partial charge >= 0.3 is 12.0 Å². The summed E-state index contributed by atoms with van der Waals surface area (Å²) in [6.45, 7) is 7.08. The van der Waals surface area contributed by atoms with E-state index in [1.165, 1.54) is 0 Å². The van der Waals surface area contributed by atoms with Gasteiger partial charge in [-0.2, -0.15) is 0 Å². The molecule has 6 heteroatoms. The third kappa shape index (κ3) is 2.11. The molecule has 1 heterocycles. The Kier molecular flexibility index (Phi) is 3.75. The van der Waals surface area contributed by atoms with Gasteiger partial charge in [-0.15, -0.1) is 0 Å². The van der Waals surface area contributed by atoms with Crippen LogP contribution in [0.3, 0.4) is 0 Å². The van der Waals surface area contributed by atoms with Crippen LogP contribution >= 0.6 is 0 Å². The quantitative estimate of drug-likeness (QED) is 0.552. The molecule has 96 valence electrons. The van der Waals surface area contributed by atoms with Gasteiger partial charge in [0.15, 0.2) is 0 Å². The summed E-state index contributed by atoms with van der Waals surface area (Å²) >= 11 is 0. The Balaban J connectivity index is 3.05. The van der Waals surface area contributed by atoms with E-state index in [2.05, 4.69) is 10.6 Å². The number of rotatable bonds is 4. The minimum Gasteiger partial charge on any atom is -0.466 e. The van der Waals surface area contributed by atoms with Crippen LogP contribution in [-0.4, -0.2) is 30.1 Å². The summed E-state index contributed by atoms with van der Waals surface area (Å²) in [5.41, 5.74) is -1.22. The Morgan fingerprint density at radius 3 is 2.29 bits per heavy atom. The highest BCUT2D eigenvalue weighted by Crippen LogP contribution is 2.30. The van der Waals surface area contributed by atoms with Crippen LogP contribution in [0.1, 0.15) is 27.7 Å². The maximum Gasteiger partial charge on any atom is 0.322 e. The lowest BCUT2D eigenvalue weighted by molar-refractivity contribution is -0.154. The van der Waals surface area contributed by atoms with Crippen LogP contribution < -0.4 is 10.6 Å². The van der Waals surface area contributed by atoms with Crippen LogP contribution in [0.5, 0.6) is 0 Å².